The van der Waals surface area contributed by atoms with Crippen LogP contribution in [0.15, 0.2) is 8.95 Å². The van der Waals surface area contributed by atoms with Crippen LogP contribution >= 0.6 is 31.9 Å². The summed E-state index contributed by atoms with van der Waals surface area (Å²) in [7, 11) is 0. The predicted molar refractivity (Wildman–Crippen MR) is 66.8 cm³/mol. The van der Waals surface area contributed by atoms with E-state index in [4.69, 9.17) is 5.11 Å². The Labute approximate surface area is 116 Å². The Morgan fingerprint density at radius 2 is 1.44 bits per heavy atom. The summed E-state index contributed by atoms with van der Waals surface area (Å²) in [5, 5.41) is 30.7. The fourth-order valence-electron chi connectivity index (χ4n) is 1.33. The maximum Gasteiger partial charge on any atom is 0.349 e. The Balaban J connectivity index is 3.99. The summed E-state index contributed by atoms with van der Waals surface area (Å²) >= 11 is 5.75. The molecule has 0 aromatic heterocycles. The lowest BCUT2D eigenvalue weighted by atomic mass is 10.1. The van der Waals surface area contributed by atoms with E-state index in [1.807, 2.05) is 0 Å². The van der Waals surface area contributed by atoms with Gasteiger partial charge in [-0.2, -0.15) is 0 Å². The van der Waals surface area contributed by atoms with Crippen LogP contribution in [0.1, 0.15) is 15.9 Å². The molecule has 10 heteroatoms. The van der Waals surface area contributed by atoms with Gasteiger partial charge in [-0.15, -0.1) is 0 Å². The van der Waals surface area contributed by atoms with Gasteiger partial charge < -0.3 is 5.11 Å². The van der Waals surface area contributed by atoms with Crippen molar-refractivity contribution in [2.45, 2.75) is 6.92 Å². The number of nitro benzene ring substituents is 2. The summed E-state index contributed by atoms with van der Waals surface area (Å²) in [5.74, 6) is -1.74. The Bertz CT molecular complexity index is 544. The van der Waals surface area contributed by atoms with Crippen LogP contribution in [0.5, 0.6) is 0 Å². The third-order valence-corrected chi connectivity index (χ3v) is 4.07. The highest BCUT2D eigenvalue weighted by atomic mass is 79.9. The zero-order valence-electron chi connectivity index (χ0n) is 8.64. The number of nitro groups is 2. The minimum absolute atomic E-state index is 0.109. The third kappa shape index (κ3) is 2.20. The molecule has 0 heterocycles. The topological polar surface area (TPSA) is 124 Å². The van der Waals surface area contributed by atoms with Crippen molar-refractivity contribution in [3.8, 4) is 0 Å². The van der Waals surface area contributed by atoms with Crippen LogP contribution in [0.3, 0.4) is 0 Å². The molecule has 96 valence electrons. The largest absolute Gasteiger partial charge is 0.477 e. The van der Waals surface area contributed by atoms with Crippen LogP contribution in [0.25, 0.3) is 0 Å². The van der Waals surface area contributed by atoms with Gasteiger partial charge in [0.15, 0.2) is 0 Å². The maximum absolute atomic E-state index is 11.0. The van der Waals surface area contributed by atoms with Gasteiger partial charge in [0.2, 0.25) is 5.56 Å². The molecule has 1 N–H and O–H groups in total. The second kappa shape index (κ2) is 4.98. The van der Waals surface area contributed by atoms with Gasteiger partial charge in [-0.1, -0.05) is 0 Å². The van der Waals surface area contributed by atoms with Crippen molar-refractivity contribution in [2.24, 2.45) is 0 Å². The Hall–Kier alpha value is -1.55. The van der Waals surface area contributed by atoms with Crippen molar-refractivity contribution in [3.63, 3.8) is 0 Å². The smallest absolute Gasteiger partial charge is 0.349 e. The zero-order chi connectivity index (χ0) is 14.2. The Kier molecular flexibility index (Phi) is 4.02. The molecule has 0 radical (unpaired) electrons. The van der Waals surface area contributed by atoms with Crippen molar-refractivity contribution in [2.75, 3.05) is 0 Å². The van der Waals surface area contributed by atoms with E-state index in [0.29, 0.717) is 0 Å². The molecule has 0 amide bonds. The van der Waals surface area contributed by atoms with E-state index in [1.165, 1.54) is 6.92 Å². The number of hydrogen-bond acceptors (Lipinski definition) is 5. The monoisotopic (exact) mass is 382 g/mol. The molecule has 0 spiro atoms. The van der Waals surface area contributed by atoms with E-state index < -0.39 is 32.8 Å². The molecule has 0 unspecified atom stereocenters. The van der Waals surface area contributed by atoms with Gasteiger partial charge in [0, 0.05) is 0 Å². The molecule has 1 aromatic rings. The summed E-state index contributed by atoms with van der Waals surface area (Å²) in [4.78, 5) is 30.8. The van der Waals surface area contributed by atoms with Crippen LogP contribution in [-0.4, -0.2) is 20.9 Å². The van der Waals surface area contributed by atoms with E-state index in [-0.39, 0.29) is 14.5 Å². The summed E-state index contributed by atoms with van der Waals surface area (Å²) < 4.78 is -0.218. The van der Waals surface area contributed by atoms with Crippen molar-refractivity contribution in [3.05, 3.63) is 40.3 Å². The number of carboxylic acids is 1. The molecular formula is C8H4Br2N2O6. The second-order valence-corrected chi connectivity index (χ2v) is 4.73. The molecule has 0 aliphatic heterocycles. The molecule has 0 fully saturated rings. The number of nitrogens with zero attached hydrogens (tertiary/aromatic N) is 2. The molecule has 1 aromatic carbocycles. The molecular weight excluding hydrogens is 380 g/mol. The van der Waals surface area contributed by atoms with Gasteiger partial charge in [0.05, 0.1) is 9.85 Å². The van der Waals surface area contributed by atoms with E-state index in [1.54, 1.807) is 0 Å². The minimum atomic E-state index is -1.74. The quantitative estimate of drug-likeness (QED) is 0.631. The molecule has 0 saturated heterocycles. The maximum atomic E-state index is 11.0. The normalized spacial score (nSPS) is 10.2. The average molecular weight is 384 g/mol. The lowest BCUT2D eigenvalue weighted by Crippen LogP contribution is -2.09. The number of aromatic carboxylic acids is 1. The van der Waals surface area contributed by atoms with Crippen LogP contribution in [0, 0.1) is 27.2 Å². The molecule has 0 bridgehead atoms. The third-order valence-electron chi connectivity index (χ3n) is 2.13. The highest BCUT2D eigenvalue weighted by molar-refractivity contribution is 9.11. The van der Waals surface area contributed by atoms with E-state index in [0.717, 1.165) is 0 Å². The van der Waals surface area contributed by atoms with Gasteiger partial charge in [-0.25, -0.2) is 4.79 Å². The standard InChI is InChI=1S/C8H4Br2N2O6/c1-2-4(9)6(11(15)16)3(8(13)14)7(5(2)10)12(17)18/h1H3,(H,13,14). The SMILES string of the molecule is Cc1c(Br)c([N+](=O)[O-])c(C(=O)O)c([N+](=O)[O-])c1Br. The molecule has 8 nitrogen and oxygen atoms in total. The number of hydrogen-bond donors (Lipinski definition) is 1. The lowest BCUT2D eigenvalue weighted by molar-refractivity contribution is -0.395. The summed E-state index contributed by atoms with van der Waals surface area (Å²) in [6.07, 6.45) is 0. The number of benzene rings is 1. The molecule has 0 aliphatic rings. The molecule has 18 heavy (non-hydrogen) atoms. The van der Waals surface area contributed by atoms with Gasteiger partial charge >= 0.3 is 17.3 Å². The number of carboxylic acid groups (broad SMARTS) is 1. The van der Waals surface area contributed by atoms with E-state index >= 15 is 0 Å². The predicted octanol–water partition coefficient (Wildman–Crippen LogP) is 3.03. The zero-order valence-corrected chi connectivity index (χ0v) is 11.8. The summed E-state index contributed by atoms with van der Waals surface area (Å²) in [6.45, 7) is 1.39. The van der Waals surface area contributed by atoms with Gasteiger partial charge in [0.25, 0.3) is 0 Å². The van der Waals surface area contributed by atoms with Crippen molar-refractivity contribution in [1.82, 2.24) is 0 Å². The Morgan fingerprint density at radius 3 is 1.67 bits per heavy atom. The highest BCUT2D eigenvalue weighted by Gasteiger charge is 2.37. The van der Waals surface area contributed by atoms with Crippen molar-refractivity contribution < 1.29 is 19.7 Å². The van der Waals surface area contributed by atoms with Crippen LogP contribution in [0.2, 0.25) is 0 Å². The first-order valence-electron chi connectivity index (χ1n) is 4.23. The Morgan fingerprint density at radius 1 is 1.11 bits per heavy atom. The first-order valence-corrected chi connectivity index (χ1v) is 5.82. The van der Waals surface area contributed by atoms with Gasteiger partial charge in [-0.05, 0) is 44.3 Å². The fraction of sp³-hybridized carbons (Fsp3) is 0.125. The average Bonchev–Trinajstić information content (AvgIpc) is 2.23. The molecule has 0 aliphatic carbocycles. The number of rotatable bonds is 3. The minimum Gasteiger partial charge on any atom is -0.477 e. The van der Waals surface area contributed by atoms with Gasteiger partial charge in [0.1, 0.15) is 8.95 Å². The molecule has 1 rings (SSSR count). The molecule has 0 saturated carbocycles. The van der Waals surface area contributed by atoms with Crippen LogP contribution in [0.4, 0.5) is 11.4 Å². The van der Waals surface area contributed by atoms with Crippen molar-refractivity contribution >= 4 is 49.2 Å². The molecule has 0 atom stereocenters. The second-order valence-electron chi connectivity index (χ2n) is 3.14. The van der Waals surface area contributed by atoms with Crippen molar-refractivity contribution in [1.29, 1.82) is 0 Å². The number of halogens is 2. The number of carbonyl (C=O) groups is 1. The van der Waals surface area contributed by atoms with E-state index in [9.17, 15) is 25.0 Å². The first-order chi connectivity index (χ1) is 8.20. The summed E-state index contributed by atoms with van der Waals surface area (Å²) in [5.41, 5.74) is -2.46. The van der Waals surface area contributed by atoms with Crippen LogP contribution < -0.4 is 0 Å². The highest BCUT2D eigenvalue weighted by Crippen LogP contribution is 2.43. The lowest BCUT2D eigenvalue weighted by Gasteiger charge is -2.07. The summed E-state index contributed by atoms with van der Waals surface area (Å²) in [6, 6.07) is 0. The van der Waals surface area contributed by atoms with E-state index in [2.05, 4.69) is 31.9 Å². The first kappa shape index (κ1) is 14.5. The fourth-order valence-corrected chi connectivity index (χ4v) is 2.68. The van der Waals surface area contributed by atoms with Crippen LogP contribution in [-0.2, 0) is 0 Å². The van der Waals surface area contributed by atoms with Gasteiger partial charge in [-0.3, -0.25) is 20.2 Å².